The maximum atomic E-state index is 13.8. The minimum absolute atomic E-state index is 0.00295. The number of rotatable bonds is 10. The second kappa shape index (κ2) is 38.2. The normalized spacial score (nSPS) is 22.5. The van der Waals surface area contributed by atoms with Crippen molar-refractivity contribution in [3.63, 3.8) is 0 Å². The van der Waals surface area contributed by atoms with Crippen molar-refractivity contribution in [1.82, 2.24) is 60.3 Å². The molecule has 5 atom stereocenters. The zero-order valence-electron chi connectivity index (χ0n) is 77.4. The Kier molecular flexibility index (Phi) is 26.3. The number of hydrogen-bond donors (Lipinski definition) is 5. The number of fused-ring (bicyclic) bond motifs is 6. The van der Waals surface area contributed by atoms with Gasteiger partial charge in [0.05, 0.1) is 84.4 Å². The van der Waals surface area contributed by atoms with Gasteiger partial charge in [-0.1, -0.05) is 127 Å². The van der Waals surface area contributed by atoms with E-state index >= 15 is 0 Å². The van der Waals surface area contributed by atoms with E-state index in [1.165, 1.54) is 33.7 Å². The van der Waals surface area contributed by atoms with Gasteiger partial charge in [0, 0.05) is 44.3 Å². The Hall–Kier alpha value is -16.6. The van der Waals surface area contributed by atoms with Gasteiger partial charge in [0.1, 0.15) is 12.3 Å². The van der Waals surface area contributed by atoms with Gasteiger partial charge in [-0.3, -0.25) is 79.1 Å². The summed E-state index contributed by atoms with van der Waals surface area (Å²) in [5.74, 6) is -0.435. The van der Waals surface area contributed by atoms with Crippen LogP contribution in [0.5, 0.6) is 0 Å². The third-order valence-corrected chi connectivity index (χ3v) is 27.4. The number of cyclic esters (lactones) is 1. The molecule has 10 aliphatic heterocycles. The maximum absolute atomic E-state index is 13.8. The van der Waals surface area contributed by atoms with Crippen LogP contribution in [-0.4, -0.2) is 203 Å². The van der Waals surface area contributed by atoms with Crippen molar-refractivity contribution in [2.75, 3.05) is 65.2 Å². The van der Waals surface area contributed by atoms with Crippen LogP contribution in [0.25, 0.3) is 54.6 Å². The molecule has 34 nitrogen and oxygen atoms in total. The van der Waals surface area contributed by atoms with Crippen molar-refractivity contribution in [2.45, 2.75) is 114 Å². The Morgan fingerprint density at radius 1 is 0.436 bits per heavy atom. The summed E-state index contributed by atoms with van der Waals surface area (Å²) in [6, 6.07) is 73.7. The van der Waals surface area contributed by atoms with E-state index < -0.39 is 80.5 Å². The Bertz CT molecular complexity index is 7300. The summed E-state index contributed by atoms with van der Waals surface area (Å²) in [5.41, 5.74) is 6.65. The van der Waals surface area contributed by atoms with E-state index in [0.29, 0.717) is 73.7 Å². The number of amides is 11. The number of imide groups is 1. The van der Waals surface area contributed by atoms with Crippen molar-refractivity contribution >= 4 is 115 Å². The molecular formula is C102H93F2N21O13S2. The number of benzene rings is 9. The Morgan fingerprint density at radius 2 is 0.843 bits per heavy atom. The third-order valence-electron chi connectivity index (χ3n) is 25.3. The fourth-order valence-corrected chi connectivity index (χ4v) is 19.2. The number of carbonyl (C=O) groups is 9. The highest BCUT2D eigenvalue weighted by molar-refractivity contribution is 7.88. The lowest BCUT2D eigenvalue weighted by atomic mass is 9.86. The minimum atomic E-state index is -3.83. The number of alkyl halides is 2. The highest BCUT2D eigenvalue weighted by Crippen LogP contribution is 2.43. The Balaban J connectivity index is 0.000000127. The number of nitrogens with zero attached hydrogens (tertiary/aromatic N) is 16. The van der Waals surface area contributed by atoms with E-state index in [4.69, 9.17) is 30.8 Å². The topological polar surface area (TPSA) is 446 Å². The second-order valence-electron chi connectivity index (χ2n) is 35.7. The number of nitrogens with one attached hydrogen (secondary N) is 5. The molecule has 710 valence electrons. The van der Waals surface area contributed by atoms with Gasteiger partial charge in [-0.2, -0.15) is 29.8 Å². The molecule has 140 heavy (non-hydrogen) atoms. The smallest absolute Gasteiger partial charge is 0.382 e. The molecule has 9 aromatic carbocycles. The van der Waals surface area contributed by atoms with Gasteiger partial charge < -0.3 is 20.1 Å². The van der Waals surface area contributed by atoms with Crippen LogP contribution in [0.3, 0.4) is 0 Å². The van der Waals surface area contributed by atoms with Crippen LogP contribution in [0, 0.1) is 45.3 Å². The number of halogens is 2. The molecule has 11 heterocycles. The second-order valence-corrected chi connectivity index (χ2v) is 38.5. The molecule has 5 saturated heterocycles. The number of thiophene rings is 1. The van der Waals surface area contributed by atoms with Crippen molar-refractivity contribution in [3.8, 4) is 68.8 Å². The average molecular weight is 1920 g/mol. The molecule has 11 amide bonds. The summed E-state index contributed by atoms with van der Waals surface area (Å²) in [5, 5.41) is 53.8. The molecule has 0 aliphatic carbocycles. The minimum Gasteiger partial charge on any atom is -0.382 e. The Labute approximate surface area is 808 Å². The third kappa shape index (κ3) is 19.5. The molecular weight excluding hydrogens is 1830 g/mol. The number of aliphatic imine (C=N–C) groups is 5. The summed E-state index contributed by atoms with van der Waals surface area (Å²) in [6.45, 7) is 15.4. The quantitative estimate of drug-likeness (QED) is 0.0849. The first-order valence-electron chi connectivity index (χ1n) is 44.6. The summed E-state index contributed by atoms with van der Waals surface area (Å²) in [4.78, 5) is 144. The van der Waals surface area contributed by atoms with Gasteiger partial charge in [-0.15, -0.1) is 11.3 Å². The first-order chi connectivity index (χ1) is 66.7. The molecule has 0 spiro atoms. The monoisotopic (exact) mass is 1920 g/mol. The van der Waals surface area contributed by atoms with E-state index in [1.54, 1.807) is 121 Å². The van der Waals surface area contributed by atoms with Gasteiger partial charge in [-0.05, 0) is 235 Å². The molecule has 5 N–H and O–H groups in total. The highest BCUT2D eigenvalue weighted by atomic mass is 32.2. The maximum Gasteiger partial charge on any atom is 0.419 e. The van der Waals surface area contributed by atoms with Crippen LogP contribution in [-0.2, 0) is 76.0 Å². The highest BCUT2D eigenvalue weighted by Gasteiger charge is 2.55. The molecule has 20 rings (SSSR count). The van der Waals surface area contributed by atoms with Gasteiger partial charge >= 0.3 is 24.3 Å². The van der Waals surface area contributed by atoms with E-state index in [1.807, 2.05) is 129 Å². The summed E-state index contributed by atoms with van der Waals surface area (Å²) < 4.78 is 62.9. The van der Waals surface area contributed by atoms with Crippen LogP contribution >= 0.6 is 11.3 Å². The molecule has 0 radical (unpaired) electrons. The van der Waals surface area contributed by atoms with E-state index in [2.05, 4.69) is 112 Å². The van der Waals surface area contributed by atoms with E-state index in [-0.39, 0.29) is 73.2 Å². The fraction of sp³-hybridized carbons (Fsp3) is 0.275. The molecule has 38 heteroatoms. The summed E-state index contributed by atoms with van der Waals surface area (Å²) in [6.07, 6.45) is -1.73. The lowest BCUT2D eigenvalue weighted by Gasteiger charge is -2.41. The van der Waals surface area contributed by atoms with Crippen molar-refractivity contribution in [1.29, 1.82) is 21.0 Å². The SMILES string of the molecule is CC(=O)N1CCN2C(=O)C(C)(c3cccc(-c4cccc(C#N)c4)c3)N=C2NC1=O.CC1(C)NC2=NC(C)(c3cccc(-c4cccc(C#N)c4)c3)C(=O)N2CCO1.CC1(c2cccc(-c3cccc(C#N)c3)c2)N=C2NC(=O)N(S(C)(=O)=O)CCN2C1=O.CC1(c2cccc(-c3cccc(C#N)c3)c2)N=C2NC(=O)OC(F)(F)CN2C1=O.C[C@@]1(c2ccc3sccc3c2)CC(=O)N2CCCCN=C2N1. The molecule has 10 aromatic rings. The average Bonchev–Trinajstić information content (AvgIpc) is 1.62. The van der Waals surface area contributed by atoms with Gasteiger partial charge in [0.25, 0.3) is 23.6 Å². The first-order valence-corrected chi connectivity index (χ1v) is 47.3. The molecule has 10 aliphatic rings. The number of sulfonamides is 1. The van der Waals surface area contributed by atoms with Gasteiger partial charge in [0.2, 0.25) is 51.6 Å². The van der Waals surface area contributed by atoms with Crippen LogP contribution < -0.4 is 26.6 Å². The molecule has 0 bridgehead atoms. The predicted octanol–water partition coefficient (Wildman–Crippen LogP) is 12.9. The lowest BCUT2D eigenvalue weighted by molar-refractivity contribution is -0.200. The van der Waals surface area contributed by atoms with Crippen molar-refractivity contribution < 1.29 is 69.8 Å². The standard InChI is InChI=1S/C22H19N5O3.C22H22N4O2.C21H19N5O4S.C20H14F2N4O3.C17H19N3OS/c1-14(28)26-9-10-27-19(29)22(2,25-20(27)24-21(26)30)18-8-4-7-17(12-18)16-6-3-5-15(11-16)13-23;1-21(2)24-20-25-22(3,19(27)26(20)10-11-28-21)18-9-5-8-17(13-18)16-7-4-6-15(12-16)14-23;1-21(17-8-4-7-16(12-17)15-6-3-5-14(11-15)13-22)18(27)25-9-10-26(31(2,29)30)20(28)23-19(25)24-21;1-19(16(27)26-11-20(21,22)29-18(28)24-17(26)25-19)15-7-3-6-14(9-15)13-5-2-4-12(8-13)10-23;1-17(13-4-5-14-12(10-13)6-9-22-14)11-15(21)20-8-3-2-7-18-16(20)19-17/h3-8,11-12H,9-10H2,1-2H3,(H,24,25,30);4-9,12-13H,10-11H2,1-3H3,(H,24,25);3-8,11-12H,9-10H2,1-2H3,(H,23,24,28);2-9H,11H2,1H3,(H,24,25,28);4-6,9-10H,2-3,7-8,11H2,1H3,(H,18,19)/t;;;;17-/m....0/s1. The number of carbonyl (C=O) groups excluding carboxylic acids is 9. The fourth-order valence-electron chi connectivity index (χ4n) is 17.7. The number of guanidine groups is 5. The summed E-state index contributed by atoms with van der Waals surface area (Å²) in [7, 11) is -3.76. The number of hydrogen-bond acceptors (Lipinski definition) is 25. The number of urea groups is 2. The number of alkyl carbamates (subject to hydrolysis) is 1. The van der Waals surface area contributed by atoms with Crippen LogP contribution in [0.15, 0.2) is 249 Å². The predicted molar refractivity (Wildman–Crippen MR) is 516 cm³/mol. The van der Waals surface area contributed by atoms with E-state index in [9.17, 15) is 60.3 Å². The van der Waals surface area contributed by atoms with Crippen LogP contribution in [0.4, 0.5) is 23.2 Å². The van der Waals surface area contributed by atoms with Gasteiger partial charge in [-0.25, -0.2) is 47.1 Å². The number of ether oxygens (including phenoxy) is 2. The van der Waals surface area contributed by atoms with Crippen LogP contribution in [0.1, 0.15) is 125 Å². The molecule has 4 unspecified atom stereocenters. The molecule has 5 fully saturated rings. The summed E-state index contributed by atoms with van der Waals surface area (Å²) >= 11 is 1.74. The zero-order valence-corrected chi connectivity index (χ0v) is 79.0. The number of nitriles is 4. The molecule has 1 aromatic heterocycles. The van der Waals surface area contributed by atoms with Crippen molar-refractivity contribution in [3.05, 3.63) is 274 Å². The molecule has 0 saturated carbocycles. The zero-order chi connectivity index (χ0) is 99.8. The van der Waals surface area contributed by atoms with Gasteiger partial charge in [0.15, 0.2) is 22.2 Å². The van der Waals surface area contributed by atoms with Crippen molar-refractivity contribution in [2.24, 2.45) is 25.0 Å². The van der Waals surface area contributed by atoms with Crippen LogP contribution in [0.2, 0.25) is 0 Å². The van der Waals surface area contributed by atoms with E-state index in [0.717, 1.165) is 98.7 Å². The first kappa shape index (κ1) is 96.6. The Morgan fingerprint density at radius 3 is 1.29 bits per heavy atom. The lowest BCUT2D eigenvalue weighted by Crippen LogP contribution is -2.59. The largest absolute Gasteiger partial charge is 0.419 e.